The fourth-order valence-electron chi connectivity index (χ4n) is 1.62. The molecule has 0 saturated heterocycles. The highest BCUT2D eigenvalue weighted by molar-refractivity contribution is 5.84. The van der Waals surface area contributed by atoms with E-state index in [4.69, 9.17) is 0 Å². The molecule has 0 fully saturated rings. The molecule has 0 spiro atoms. The van der Waals surface area contributed by atoms with Crippen molar-refractivity contribution >= 4 is 11.8 Å². The molecular formula is C13H26N2O2. The van der Waals surface area contributed by atoms with Gasteiger partial charge in [0, 0.05) is 19.0 Å². The van der Waals surface area contributed by atoms with Crippen LogP contribution in [0.5, 0.6) is 0 Å². The first-order valence-electron chi connectivity index (χ1n) is 6.34. The lowest BCUT2D eigenvalue weighted by atomic mass is 10.1. The zero-order valence-corrected chi connectivity index (χ0v) is 11.8. The zero-order valence-electron chi connectivity index (χ0n) is 11.8. The fourth-order valence-corrected chi connectivity index (χ4v) is 1.62. The molecule has 4 nitrogen and oxygen atoms in total. The SMILES string of the molecule is CCCCCNC(=O)CN(C(C)=O)C(C)(C)C. The van der Waals surface area contributed by atoms with Crippen LogP contribution in [0.2, 0.25) is 0 Å². The van der Waals surface area contributed by atoms with Gasteiger partial charge in [0.2, 0.25) is 11.8 Å². The summed E-state index contributed by atoms with van der Waals surface area (Å²) in [5, 5.41) is 2.84. The van der Waals surface area contributed by atoms with Gasteiger partial charge < -0.3 is 10.2 Å². The van der Waals surface area contributed by atoms with E-state index in [1.54, 1.807) is 4.90 Å². The van der Waals surface area contributed by atoms with Crippen LogP contribution < -0.4 is 5.32 Å². The molecule has 0 radical (unpaired) electrons. The highest BCUT2D eigenvalue weighted by Crippen LogP contribution is 2.12. The van der Waals surface area contributed by atoms with Gasteiger partial charge in [-0.2, -0.15) is 0 Å². The smallest absolute Gasteiger partial charge is 0.239 e. The van der Waals surface area contributed by atoms with Gasteiger partial charge >= 0.3 is 0 Å². The second kappa shape index (κ2) is 7.30. The predicted octanol–water partition coefficient (Wildman–Crippen LogP) is 1.94. The van der Waals surface area contributed by atoms with E-state index in [0.29, 0.717) is 6.54 Å². The van der Waals surface area contributed by atoms with Gasteiger partial charge in [-0.1, -0.05) is 19.8 Å². The number of nitrogens with zero attached hydrogens (tertiary/aromatic N) is 1. The third-order valence-corrected chi connectivity index (χ3v) is 2.59. The Labute approximate surface area is 105 Å². The van der Waals surface area contributed by atoms with E-state index < -0.39 is 0 Å². The molecule has 4 heteroatoms. The van der Waals surface area contributed by atoms with Crippen LogP contribution >= 0.6 is 0 Å². The third-order valence-electron chi connectivity index (χ3n) is 2.59. The lowest BCUT2D eigenvalue weighted by Gasteiger charge is -2.34. The molecule has 100 valence electrons. The van der Waals surface area contributed by atoms with Gasteiger partial charge in [0.1, 0.15) is 6.54 Å². The Morgan fingerprint density at radius 3 is 2.18 bits per heavy atom. The van der Waals surface area contributed by atoms with Crippen molar-refractivity contribution in [1.82, 2.24) is 10.2 Å². The molecule has 0 aliphatic carbocycles. The van der Waals surface area contributed by atoms with E-state index in [1.165, 1.54) is 6.92 Å². The molecule has 0 unspecified atom stereocenters. The summed E-state index contributed by atoms with van der Waals surface area (Å²) in [4.78, 5) is 24.7. The van der Waals surface area contributed by atoms with Gasteiger partial charge in [0.15, 0.2) is 0 Å². The molecular weight excluding hydrogens is 216 g/mol. The lowest BCUT2D eigenvalue weighted by molar-refractivity contribution is -0.138. The quantitative estimate of drug-likeness (QED) is 0.724. The summed E-state index contributed by atoms with van der Waals surface area (Å²) in [5.41, 5.74) is -0.313. The molecule has 0 heterocycles. The number of unbranched alkanes of at least 4 members (excludes halogenated alkanes) is 2. The molecule has 0 aromatic heterocycles. The van der Waals surface area contributed by atoms with Crippen LogP contribution in [-0.2, 0) is 9.59 Å². The van der Waals surface area contributed by atoms with E-state index in [0.717, 1.165) is 19.3 Å². The number of nitrogens with one attached hydrogen (secondary N) is 1. The van der Waals surface area contributed by atoms with E-state index >= 15 is 0 Å². The molecule has 0 bridgehead atoms. The number of hydrogen-bond acceptors (Lipinski definition) is 2. The summed E-state index contributed by atoms with van der Waals surface area (Å²) < 4.78 is 0. The number of rotatable bonds is 6. The summed E-state index contributed by atoms with van der Waals surface area (Å²) in [7, 11) is 0. The standard InChI is InChI=1S/C13H26N2O2/c1-6-7-8-9-14-12(17)10-15(11(2)16)13(3,4)5/h6-10H2,1-5H3,(H,14,17). The predicted molar refractivity (Wildman–Crippen MR) is 69.7 cm³/mol. The Morgan fingerprint density at radius 2 is 1.76 bits per heavy atom. The first kappa shape index (κ1) is 15.9. The summed E-state index contributed by atoms with van der Waals surface area (Å²) in [6, 6.07) is 0. The van der Waals surface area contributed by atoms with Gasteiger partial charge in [-0.25, -0.2) is 0 Å². The molecule has 0 atom stereocenters. The normalized spacial score (nSPS) is 11.1. The minimum Gasteiger partial charge on any atom is -0.355 e. The van der Waals surface area contributed by atoms with Crippen LogP contribution in [-0.4, -0.2) is 35.3 Å². The van der Waals surface area contributed by atoms with Crippen molar-refractivity contribution in [2.24, 2.45) is 0 Å². The van der Waals surface area contributed by atoms with Crippen molar-refractivity contribution in [2.75, 3.05) is 13.1 Å². The molecule has 0 saturated carbocycles. The fraction of sp³-hybridized carbons (Fsp3) is 0.846. The van der Waals surface area contributed by atoms with Gasteiger partial charge in [0.05, 0.1) is 0 Å². The molecule has 0 aliphatic heterocycles. The first-order chi connectivity index (χ1) is 7.79. The number of carbonyl (C=O) groups excluding carboxylic acids is 2. The van der Waals surface area contributed by atoms with Crippen LogP contribution in [0, 0.1) is 0 Å². The van der Waals surface area contributed by atoms with E-state index in [1.807, 2.05) is 20.8 Å². The third kappa shape index (κ3) is 6.97. The summed E-state index contributed by atoms with van der Waals surface area (Å²) >= 11 is 0. The second-order valence-corrected chi connectivity index (χ2v) is 5.33. The Balaban J connectivity index is 4.11. The van der Waals surface area contributed by atoms with E-state index in [2.05, 4.69) is 12.2 Å². The van der Waals surface area contributed by atoms with E-state index in [-0.39, 0.29) is 23.9 Å². The highest BCUT2D eigenvalue weighted by atomic mass is 16.2. The summed E-state index contributed by atoms with van der Waals surface area (Å²) in [6.07, 6.45) is 3.26. The van der Waals surface area contributed by atoms with Crippen molar-refractivity contribution in [3.05, 3.63) is 0 Å². The van der Waals surface area contributed by atoms with Crippen LogP contribution in [0.1, 0.15) is 53.9 Å². The minimum atomic E-state index is -0.313. The second-order valence-electron chi connectivity index (χ2n) is 5.33. The molecule has 0 aromatic rings. The Hall–Kier alpha value is -1.06. The van der Waals surface area contributed by atoms with Gasteiger partial charge in [0.25, 0.3) is 0 Å². The lowest BCUT2D eigenvalue weighted by Crippen LogP contribution is -2.49. The number of hydrogen-bond donors (Lipinski definition) is 1. The molecule has 0 aromatic carbocycles. The van der Waals surface area contributed by atoms with Gasteiger partial charge in [-0.05, 0) is 27.2 Å². The van der Waals surface area contributed by atoms with Crippen LogP contribution in [0.15, 0.2) is 0 Å². The highest BCUT2D eigenvalue weighted by Gasteiger charge is 2.25. The minimum absolute atomic E-state index is 0.0683. The van der Waals surface area contributed by atoms with Crippen molar-refractivity contribution in [3.8, 4) is 0 Å². The van der Waals surface area contributed by atoms with Crippen LogP contribution in [0.3, 0.4) is 0 Å². The summed E-state index contributed by atoms with van der Waals surface area (Å²) in [5.74, 6) is -0.146. The molecule has 0 aliphatic rings. The molecule has 17 heavy (non-hydrogen) atoms. The van der Waals surface area contributed by atoms with Crippen LogP contribution in [0.4, 0.5) is 0 Å². The maximum absolute atomic E-state index is 11.7. The molecule has 0 rings (SSSR count). The zero-order chi connectivity index (χ0) is 13.5. The van der Waals surface area contributed by atoms with Crippen molar-refractivity contribution in [3.63, 3.8) is 0 Å². The first-order valence-corrected chi connectivity index (χ1v) is 6.34. The maximum atomic E-state index is 11.7. The molecule has 1 N–H and O–H groups in total. The van der Waals surface area contributed by atoms with Gasteiger partial charge in [-0.3, -0.25) is 9.59 Å². The molecule has 2 amide bonds. The van der Waals surface area contributed by atoms with Crippen molar-refractivity contribution < 1.29 is 9.59 Å². The number of carbonyl (C=O) groups is 2. The van der Waals surface area contributed by atoms with Gasteiger partial charge in [-0.15, -0.1) is 0 Å². The Morgan fingerprint density at radius 1 is 1.18 bits per heavy atom. The van der Waals surface area contributed by atoms with Crippen molar-refractivity contribution in [1.29, 1.82) is 0 Å². The largest absolute Gasteiger partial charge is 0.355 e. The maximum Gasteiger partial charge on any atom is 0.239 e. The Kier molecular flexibility index (Phi) is 6.85. The summed E-state index contributed by atoms with van der Waals surface area (Å²) in [6.45, 7) is 10.2. The monoisotopic (exact) mass is 242 g/mol. The number of amides is 2. The average Bonchev–Trinajstić information content (AvgIpc) is 2.19. The van der Waals surface area contributed by atoms with Crippen LogP contribution in [0.25, 0.3) is 0 Å². The van der Waals surface area contributed by atoms with Crippen molar-refractivity contribution in [2.45, 2.75) is 59.4 Å². The topological polar surface area (TPSA) is 49.4 Å². The Bertz CT molecular complexity index is 257. The average molecular weight is 242 g/mol. The van der Waals surface area contributed by atoms with E-state index in [9.17, 15) is 9.59 Å².